The third-order valence-electron chi connectivity index (χ3n) is 5.94. The molecular formula is C25H30N2. The Hall–Kier alpha value is -2.48. The van der Waals surface area contributed by atoms with E-state index < -0.39 is 0 Å². The Morgan fingerprint density at radius 2 is 1.74 bits per heavy atom. The van der Waals surface area contributed by atoms with E-state index in [0.29, 0.717) is 0 Å². The molecule has 2 nitrogen and oxygen atoms in total. The van der Waals surface area contributed by atoms with Crippen molar-refractivity contribution in [2.45, 2.75) is 58.4 Å². The number of hydrogen-bond donors (Lipinski definition) is 1. The van der Waals surface area contributed by atoms with Crippen molar-refractivity contribution in [3.63, 3.8) is 0 Å². The maximum atomic E-state index is 3.34. The van der Waals surface area contributed by atoms with Gasteiger partial charge < -0.3 is 9.55 Å². The number of rotatable bonds is 4. The highest BCUT2D eigenvalue weighted by molar-refractivity contribution is 5.84. The van der Waals surface area contributed by atoms with Crippen LogP contribution in [0.3, 0.4) is 0 Å². The number of benzene rings is 2. The summed E-state index contributed by atoms with van der Waals surface area (Å²) in [5.41, 5.74) is 5.67. The zero-order chi connectivity index (χ0) is 19.2. The molecule has 0 amide bonds. The van der Waals surface area contributed by atoms with E-state index in [9.17, 15) is 0 Å². The van der Waals surface area contributed by atoms with E-state index >= 15 is 0 Å². The molecule has 0 bridgehead atoms. The number of hydrogen-bond acceptors (Lipinski definition) is 0. The molecule has 0 atom stereocenters. The molecule has 0 aliphatic rings. The van der Waals surface area contributed by atoms with Crippen LogP contribution < -0.4 is 0 Å². The van der Waals surface area contributed by atoms with E-state index in [1.54, 1.807) is 0 Å². The first kappa shape index (κ1) is 17.9. The highest BCUT2D eigenvalue weighted by Gasteiger charge is 2.23. The predicted octanol–water partition coefficient (Wildman–Crippen LogP) is 6.79. The molecule has 27 heavy (non-hydrogen) atoms. The van der Waals surface area contributed by atoms with Gasteiger partial charge in [-0.05, 0) is 58.0 Å². The SMILES string of the molecule is CC(C)(C)c1ccc2ccn(CCC(C)(C)c3cccc4[nH]ccc34)c2c1. The molecule has 0 aliphatic heterocycles. The molecule has 140 valence electrons. The molecule has 0 fully saturated rings. The van der Waals surface area contributed by atoms with Crippen molar-refractivity contribution in [2.75, 3.05) is 0 Å². The number of aromatic nitrogens is 2. The van der Waals surface area contributed by atoms with Crippen LogP contribution in [0.25, 0.3) is 21.8 Å². The quantitative estimate of drug-likeness (QED) is 0.415. The number of nitrogens with one attached hydrogen (secondary N) is 1. The monoisotopic (exact) mass is 358 g/mol. The van der Waals surface area contributed by atoms with Gasteiger partial charge in [0, 0.05) is 35.4 Å². The minimum absolute atomic E-state index is 0.111. The Bertz CT molecular complexity index is 1090. The lowest BCUT2D eigenvalue weighted by atomic mass is 9.80. The van der Waals surface area contributed by atoms with Crippen LogP contribution in [0.1, 0.15) is 52.2 Å². The molecule has 2 heterocycles. The van der Waals surface area contributed by atoms with Gasteiger partial charge in [-0.25, -0.2) is 0 Å². The fourth-order valence-electron chi connectivity index (χ4n) is 4.06. The maximum absolute atomic E-state index is 3.34. The first-order valence-electron chi connectivity index (χ1n) is 9.92. The molecule has 0 spiro atoms. The van der Waals surface area contributed by atoms with E-state index in [-0.39, 0.29) is 10.8 Å². The summed E-state index contributed by atoms with van der Waals surface area (Å²) < 4.78 is 2.42. The van der Waals surface area contributed by atoms with Crippen molar-refractivity contribution in [1.29, 1.82) is 0 Å². The molecule has 2 aromatic heterocycles. The molecule has 0 saturated heterocycles. The zero-order valence-electron chi connectivity index (χ0n) is 17.1. The van der Waals surface area contributed by atoms with Crippen LogP contribution in [0.5, 0.6) is 0 Å². The Morgan fingerprint density at radius 1 is 0.926 bits per heavy atom. The lowest BCUT2D eigenvalue weighted by Crippen LogP contribution is -2.20. The van der Waals surface area contributed by atoms with Crippen molar-refractivity contribution >= 4 is 21.8 Å². The van der Waals surface area contributed by atoms with E-state index in [0.717, 1.165) is 13.0 Å². The third-order valence-corrected chi connectivity index (χ3v) is 5.94. The molecule has 2 aromatic carbocycles. The first-order chi connectivity index (χ1) is 12.8. The maximum Gasteiger partial charge on any atom is 0.0483 e. The minimum atomic E-state index is 0.111. The summed E-state index contributed by atoms with van der Waals surface area (Å²) in [6.07, 6.45) is 5.38. The van der Waals surface area contributed by atoms with Gasteiger partial charge in [0.05, 0.1) is 0 Å². The Balaban J connectivity index is 1.64. The standard InChI is InChI=1S/C25H30N2/c1-24(2,3)19-10-9-18-12-15-27(23(18)17-19)16-13-25(4,5)21-7-6-8-22-20(21)11-14-26-22/h6-12,14-15,17,26H,13,16H2,1-5H3. The summed E-state index contributed by atoms with van der Waals surface area (Å²) in [5, 5.41) is 2.67. The Morgan fingerprint density at radius 3 is 2.52 bits per heavy atom. The van der Waals surface area contributed by atoms with Crippen molar-refractivity contribution in [3.8, 4) is 0 Å². The summed E-state index contributed by atoms with van der Waals surface area (Å²) in [6, 6.07) is 17.9. The molecule has 0 aliphatic carbocycles. The van der Waals surface area contributed by atoms with Crippen molar-refractivity contribution in [2.24, 2.45) is 0 Å². The van der Waals surface area contributed by atoms with E-state index in [1.807, 2.05) is 6.20 Å². The minimum Gasteiger partial charge on any atom is -0.361 e. The van der Waals surface area contributed by atoms with E-state index in [2.05, 4.69) is 98.9 Å². The molecule has 1 N–H and O–H groups in total. The average molecular weight is 359 g/mol. The van der Waals surface area contributed by atoms with Crippen LogP contribution in [-0.4, -0.2) is 9.55 Å². The molecule has 2 heteroatoms. The van der Waals surface area contributed by atoms with Crippen molar-refractivity contribution in [3.05, 3.63) is 72.1 Å². The highest BCUT2D eigenvalue weighted by atomic mass is 14.9. The van der Waals surface area contributed by atoms with Gasteiger partial charge in [-0.15, -0.1) is 0 Å². The summed E-state index contributed by atoms with van der Waals surface area (Å²) in [6.45, 7) is 12.6. The molecule has 4 rings (SSSR count). The van der Waals surface area contributed by atoms with Gasteiger partial charge in [-0.2, -0.15) is 0 Å². The van der Waals surface area contributed by atoms with Crippen molar-refractivity contribution in [1.82, 2.24) is 9.55 Å². The summed E-state index contributed by atoms with van der Waals surface area (Å²) in [4.78, 5) is 3.34. The lowest BCUT2D eigenvalue weighted by molar-refractivity contribution is 0.445. The average Bonchev–Trinajstić information content (AvgIpc) is 3.25. The fraction of sp³-hybridized carbons (Fsp3) is 0.360. The second-order valence-corrected chi connectivity index (χ2v) is 9.41. The topological polar surface area (TPSA) is 20.7 Å². The second kappa shape index (κ2) is 6.30. The van der Waals surface area contributed by atoms with Gasteiger partial charge in [0.1, 0.15) is 0 Å². The molecule has 0 unspecified atom stereocenters. The van der Waals surface area contributed by atoms with Gasteiger partial charge >= 0.3 is 0 Å². The normalized spacial score (nSPS) is 12.9. The van der Waals surface area contributed by atoms with Crippen LogP contribution in [0, 0.1) is 0 Å². The highest BCUT2D eigenvalue weighted by Crippen LogP contribution is 2.34. The van der Waals surface area contributed by atoms with Crippen LogP contribution >= 0.6 is 0 Å². The van der Waals surface area contributed by atoms with Crippen LogP contribution in [0.2, 0.25) is 0 Å². The van der Waals surface area contributed by atoms with Crippen LogP contribution in [-0.2, 0) is 17.4 Å². The summed E-state index contributed by atoms with van der Waals surface area (Å²) in [7, 11) is 0. The first-order valence-corrected chi connectivity index (χ1v) is 9.92. The van der Waals surface area contributed by atoms with Gasteiger partial charge in [0.25, 0.3) is 0 Å². The summed E-state index contributed by atoms with van der Waals surface area (Å²) in [5.74, 6) is 0. The van der Waals surface area contributed by atoms with Gasteiger partial charge in [0.15, 0.2) is 0 Å². The Kier molecular flexibility index (Phi) is 4.18. The molecule has 0 radical (unpaired) electrons. The molecule has 0 saturated carbocycles. The van der Waals surface area contributed by atoms with Crippen LogP contribution in [0.4, 0.5) is 0 Å². The van der Waals surface area contributed by atoms with Crippen LogP contribution in [0.15, 0.2) is 60.9 Å². The molecule has 4 aromatic rings. The van der Waals surface area contributed by atoms with Gasteiger partial charge in [-0.3, -0.25) is 0 Å². The smallest absolute Gasteiger partial charge is 0.0483 e. The predicted molar refractivity (Wildman–Crippen MR) is 117 cm³/mol. The largest absolute Gasteiger partial charge is 0.361 e. The number of aryl methyl sites for hydroxylation is 1. The molecular weight excluding hydrogens is 328 g/mol. The zero-order valence-corrected chi connectivity index (χ0v) is 17.1. The van der Waals surface area contributed by atoms with Crippen molar-refractivity contribution < 1.29 is 0 Å². The van der Waals surface area contributed by atoms with Gasteiger partial charge in [-0.1, -0.05) is 58.9 Å². The second-order valence-electron chi connectivity index (χ2n) is 9.41. The number of nitrogens with zero attached hydrogens (tertiary/aromatic N) is 1. The van der Waals surface area contributed by atoms with E-state index in [4.69, 9.17) is 0 Å². The lowest BCUT2D eigenvalue weighted by Gasteiger charge is -2.27. The number of fused-ring (bicyclic) bond motifs is 2. The Labute approximate surface area is 162 Å². The van der Waals surface area contributed by atoms with E-state index in [1.165, 1.54) is 32.9 Å². The fourth-order valence-corrected chi connectivity index (χ4v) is 4.06. The van der Waals surface area contributed by atoms with Gasteiger partial charge in [0.2, 0.25) is 0 Å². The third kappa shape index (κ3) is 3.29. The number of aromatic amines is 1. The number of H-pyrrole nitrogens is 1. The summed E-state index contributed by atoms with van der Waals surface area (Å²) >= 11 is 0.